The summed E-state index contributed by atoms with van der Waals surface area (Å²) in [6, 6.07) is 115. The molecule has 12 aromatic carbocycles. The lowest BCUT2D eigenvalue weighted by Crippen LogP contribution is -2.74. The molecule has 0 atom stereocenters. The van der Waals surface area contributed by atoms with Crippen molar-refractivity contribution in [3.8, 4) is 0 Å². The second kappa shape index (κ2) is 23.1. The number of rotatable bonds is 17. The minimum atomic E-state index is -3.07. The number of para-hydroxylation sites is 4. The van der Waals surface area contributed by atoms with E-state index in [-0.39, 0.29) is 11.6 Å². The van der Waals surface area contributed by atoms with Crippen molar-refractivity contribution in [2.24, 2.45) is 0 Å². The van der Waals surface area contributed by atoms with E-state index in [2.05, 4.69) is 257 Å². The van der Waals surface area contributed by atoms with Gasteiger partial charge in [-0.15, -0.1) is 0 Å². The van der Waals surface area contributed by atoms with Crippen molar-refractivity contribution in [3.05, 3.63) is 356 Å². The minimum Gasteiger partial charge on any atom is -0.311 e. The Kier molecular flexibility index (Phi) is 14.5. The molecule has 0 aliphatic carbocycles. The maximum absolute atomic E-state index is 14.3. The minimum absolute atomic E-state index is 0.120. The van der Waals surface area contributed by atoms with Crippen molar-refractivity contribution in [2.75, 3.05) is 14.7 Å². The van der Waals surface area contributed by atoms with E-state index in [9.17, 15) is 9.59 Å². The number of nitrogens with zero attached hydrogens (tertiary/aromatic N) is 3. The third-order valence-electron chi connectivity index (χ3n) is 14.8. The van der Waals surface area contributed by atoms with E-state index in [1.807, 2.05) is 54.6 Å². The molecule has 0 saturated heterocycles. The van der Waals surface area contributed by atoms with Crippen LogP contribution in [0.15, 0.2) is 334 Å². The maximum Gasteiger partial charge on any atom is 0.193 e. The first-order valence-corrected chi connectivity index (χ1v) is 28.9. The van der Waals surface area contributed by atoms with Gasteiger partial charge < -0.3 is 14.7 Å². The predicted molar refractivity (Wildman–Crippen MR) is 334 cm³/mol. The zero-order valence-corrected chi connectivity index (χ0v) is 44.9. The molecular weight excluding hydrogens is 991 g/mol. The van der Waals surface area contributed by atoms with Crippen LogP contribution in [-0.2, 0) is 0 Å². The molecule has 0 spiro atoms. The van der Waals surface area contributed by atoms with Crippen LogP contribution >= 0.6 is 0 Å². The third-order valence-corrected chi connectivity index (χ3v) is 19.6. The van der Waals surface area contributed by atoms with Crippen molar-refractivity contribution in [3.63, 3.8) is 0 Å². The second-order valence-corrected chi connectivity index (χ2v) is 23.4. The van der Waals surface area contributed by atoms with Crippen LogP contribution in [0.2, 0.25) is 0 Å². The van der Waals surface area contributed by atoms with Gasteiger partial charge in [0.05, 0.1) is 0 Å². The van der Waals surface area contributed by atoms with Gasteiger partial charge in [0, 0.05) is 73.4 Å². The van der Waals surface area contributed by atoms with E-state index in [4.69, 9.17) is 0 Å². The summed E-state index contributed by atoms with van der Waals surface area (Å²) in [5, 5.41) is 4.77. The SMILES string of the molecule is O=C(c1ccccc1)c1cccc(C(=O)c2ccc([Si](c3ccccc3)(c3ccccc3)c3ccc(N(c4ccc(N(c5ccccc5)c5ccccc5)cc4)c4ccc(N(c5ccccc5)c5ccccc5)cc4)cc3)cc2)c1. The molecule has 6 heteroatoms. The van der Waals surface area contributed by atoms with Gasteiger partial charge in [0.1, 0.15) is 0 Å². The number of carbonyl (C=O) groups is 2. The Labute approximate surface area is 469 Å². The molecule has 12 aromatic rings. The normalized spacial score (nSPS) is 11.1. The Balaban J connectivity index is 0.958. The van der Waals surface area contributed by atoms with Crippen molar-refractivity contribution in [1.29, 1.82) is 0 Å². The van der Waals surface area contributed by atoms with E-state index < -0.39 is 8.07 Å². The monoisotopic (exact) mass is 1050 g/mol. The van der Waals surface area contributed by atoms with Crippen LogP contribution in [-0.4, -0.2) is 19.6 Å². The average molecular weight is 1050 g/mol. The first-order chi connectivity index (χ1) is 39.5. The summed E-state index contributed by atoms with van der Waals surface area (Å²) in [6.45, 7) is 0. The molecule has 0 aliphatic rings. The molecule has 5 nitrogen and oxygen atoms in total. The van der Waals surface area contributed by atoms with Gasteiger partial charge in [-0.05, 0) is 136 Å². The van der Waals surface area contributed by atoms with E-state index in [1.165, 1.54) is 15.6 Å². The lowest BCUT2D eigenvalue weighted by molar-refractivity contribution is 0.103. The van der Waals surface area contributed by atoms with Gasteiger partial charge >= 0.3 is 0 Å². The van der Waals surface area contributed by atoms with Crippen LogP contribution in [0, 0.1) is 0 Å². The fraction of sp³-hybridized carbons (Fsp3) is 0. The van der Waals surface area contributed by atoms with Crippen LogP contribution < -0.4 is 35.4 Å². The number of anilines is 9. The molecule has 0 radical (unpaired) electrons. The topological polar surface area (TPSA) is 43.9 Å². The first kappa shape index (κ1) is 50.4. The van der Waals surface area contributed by atoms with E-state index in [0.29, 0.717) is 22.3 Å². The standard InChI is InChI=1S/C74H55N3O2Si/c78-73(56-23-8-1-9-24-56)58-25-22-26-59(55-58)74(79)57-39-51-71(52-40-57)80(69-35-18-6-19-36-69,70-37-20-7-21-38-70)72-53-49-68(50-54-72)77(66-45-41-64(42-46-66)75(60-27-10-2-11-28-60)61-29-12-3-13-30-61)67-47-43-65(44-48-67)76(62-31-14-4-15-32-62)63-33-16-5-17-34-63/h1-55H. The molecule has 80 heavy (non-hydrogen) atoms. The van der Waals surface area contributed by atoms with E-state index in [1.54, 1.807) is 36.4 Å². The van der Waals surface area contributed by atoms with E-state index in [0.717, 1.165) is 56.4 Å². The van der Waals surface area contributed by atoms with Crippen molar-refractivity contribution < 1.29 is 9.59 Å². The lowest BCUT2D eigenvalue weighted by Gasteiger charge is -2.35. The Morgan fingerprint density at radius 3 is 0.725 bits per heavy atom. The number of ketones is 2. The van der Waals surface area contributed by atoms with Crippen molar-refractivity contribution in [1.82, 2.24) is 0 Å². The first-order valence-electron chi connectivity index (χ1n) is 26.9. The van der Waals surface area contributed by atoms with Gasteiger partial charge in [-0.25, -0.2) is 0 Å². The van der Waals surface area contributed by atoms with Crippen molar-refractivity contribution in [2.45, 2.75) is 0 Å². The third kappa shape index (κ3) is 10.2. The summed E-state index contributed by atoms with van der Waals surface area (Å²) < 4.78 is 0. The van der Waals surface area contributed by atoms with Crippen LogP contribution in [0.1, 0.15) is 31.8 Å². The molecule has 0 bridgehead atoms. The van der Waals surface area contributed by atoms with Crippen LogP contribution in [0.5, 0.6) is 0 Å². The summed E-state index contributed by atoms with van der Waals surface area (Å²) in [6.07, 6.45) is 0. The summed E-state index contributed by atoms with van der Waals surface area (Å²) in [5.74, 6) is -0.262. The Morgan fingerprint density at radius 2 is 0.412 bits per heavy atom. The summed E-state index contributed by atoms with van der Waals surface area (Å²) in [7, 11) is -3.07. The smallest absolute Gasteiger partial charge is 0.193 e. The molecule has 12 rings (SSSR count). The summed E-state index contributed by atoms with van der Waals surface area (Å²) >= 11 is 0. The zero-order valence-electron chi connectivity index (χ0n) is 43.9. The number of carbonyl (C=O) groups excluding carboxylic acids is 2. The Bertz CT molecular complexity index is 3740. The number of hydrogen-bond donors (Lipinski definition) is 0. The fourth-order valence-corrected chi connectivity index (χ4v) is 15.7. The summed E-state index contributed by atoms with van der Waals surface area (Å²) in [5.41, 5.74) is 11.5. The van der Waals surface area contributed by atoms with Crippen LogP contribution in [0.3, 0.4) is 0 Å². The van der Waals surface area contributed by atoms with Crippen molar-refractivity contribution >= 4 is 91.6 Å². The van der Waals surface area contributed by atoms with Crippen LogP contribution in [0.4, 0.5) is 51.2 Å². The van der Waals surface area contributed by atoms with Gasteiger partial charge in [-0.3, -0.25) is 9.59 Å². The zero-order chi connectivity index (χ0) is 54.1. The Morgan fingerprint density at radius 1 is 0.200 bits per heavy atom. The Hall–Kier alpha value is -10.4. The number of benzene rings is 12. The molecule has 0 saturated carbocycles. The van der Waals surface area contributed by atoms with Gasteiger partial charge in [0.25, 0.3) is 0 Å². The molecule has 0 aromatic heterocycles. The van der Waals surface area contributed by atoms with Crippen LogP contribution in [0.25, 0.3) is 0 Å². The molecule has 382 valence electrons. The predicted octanol–water partition coefficient (Wildman–Crippen LogP) is 15.9. The molecule has 0 unspecified atom stereocenters. The highest BCUT2D eigenvalue weighted by Crippen LogP contribution is 2.41. The summed E-state index contributed by atoms with van der Waals surface area (Å²) in [4.78, 5) is 34.7. The highest BCUT2D eigenvalue weighted by molar-refractivity contribution is 7.19. The largest absolute Gasteiger partial charge is 0.311 e. The van der Waals surface area contributed by atoms with Gasteiger partial charge in [-0.1, -0.05) is 218 Å². The highest BCUT2D eigenvalue weighted by Gasteiger charge is 2.41. The maximum atomic E-state index is 14.3. The average Bonchev–Trinajstić information content (AvgIpc) is 3.64. The van der Waals surface area contributed by atoms with E-state index >= 15 is 0 Å². The highest BCUT2D eigenvalue weighted by atomic mass is 28.3. The molecule has 0 fully saturated rings. The molecule has 0 amide bonds. The molecule has 0 N–H and O–H groups in total. The van der Waals surface area contributed by atoms with Gasteiger partial charge in [0.2, 0.25) is 0 Å². The molecule has 0 heterocycles. The fourth-order valence-electron chi connectivity index (χ4n) is 11.0. The quantitative estimate of drug-likeness (QED) is 0.0516. The lowest BCUT2D eigenvalue weighted by atomic mass is 9.97. The second-order valence-electron chi connectivity index (χ2n) is 19.6. The molecule has 0 aliphatic heterocycles. The molecular formula is C74H55N3O2Si. The van der Waals surface area contributed by atoms with Gasteiger partial charge in [0.15, 0.2) is 19.6 Å². The van der Waals surface area contributed by atoms with Gasteiger partial charge in [-0.2, -0.15) is 0 Å². The number of hydrogen-bond acceptors (Lipinski definition) is 5.